The highest BCUT2D eigenvalue weighted by Crippen LogP contribution is 2.35. The Morgan fingerprint density at radius 3 is 2.55 bits per heavy atom. The van der Waals surface area contributed by atoms with Crippen LogP contribution in [-0.2, 0) is 0 Å². The lowest BCUT2D eigenvalue weighted by Gasteiger charge is -2.30. The number of allylic oxidation sites excluding steroid dienone is 2. The molecular weight excluding hydrogens is 156 g/mol. The van der Waals surface area contributed by atoms with E-state index < -0.39 is 0 Å². The molecule has 0 heterocycles. The molecule has 1 aliphatic carbocycles. The van der Waals surface area contributed by atoms with Crippen molar-refractivity contribution < 1.29 is 0 Å². The van der Waals surface area contributed by atoms with Crippen LogP contribution in [0, 0.1) is 5.92 Å². The summed E-state index contributed by atoms with van der Waals surface area (Å²) < 4.78 is 0. The van der Waals surface area contributed by atoms with E-state index in [4.69, 9.17) is 11.6 Å². The van der Waals surface area contributed by atoms with Crippen molar-refractivity contribution in [1.29, 1.82) is 0 Å². The summed E-state index contributed by atoms with van der Waals surface area (Å²) in [5, 5.41) is 0. The van der Waals surface area contributed by atoms with E-state index in [-0.39, 0.29) is 4.87 Å². The van der Waals surface area contributed by atoms with Gasteiger partial charge in [0.1, 0.15) is 0 Å². The quantitative estimate of drug-likeness (QED) is 0.418. The van der Waals surface area contributed by atoms with Gasteiger partial charge < -0.3 is 0 Å². The second-order valence-electron chi connectivity index (χ2n) is 4.09. The minimum Gasteiger partial charge on any atom is -0.120 e. The van der Waals surface area contributed by atoms with Gasteiger partial charge in [0.05, 0.1) is 0 Å². The summed E-state index contributed by atoms with van der Waals surface area (Å²) in [4.78, 5) is -0.0167. The molecule has 0 aromatic rings. The van der Waals surface area contributed by atoms with Crippen LogP contribution < -0.4 is 0 Å². The van der Waals surface area contributed by atoms with Crippen LogP contribution >= 0.6 is 11.6 Å². The van der Waals surface area contributed by atoms with Crippen LogP contribution in [0.4, 0.5) is 0 Å². The molecule has 0 fully saturated rings. The van der Waals surface area contributed by atoms with E-state index in [0.29, 0.717) is 5.92 Å². The average molecular weight is 173 g/mol. The number of alkyl halides is 1. The number of hydrogen-bond acceptors (Lipinski definition) is 0. The van der Waals surface area contributed by atoms with Crippen LogP contribution in [-0.4, -0.2) is 4.87 Å². The molecule has 0 N–H and O–H groups in total. The summed E-state index contributed by atoms with van der Waals surface area (Å²) in [5.74, 6) is 0.674. The van der Waals surface area contributed by atoms with Crippen molar-refractivity contribution in [2.75, 3.05) is 0 Å². The monoisotopic (exact) mass is 172 g/mol. The Balaban J connectivity index is 2.54. The fraction of sp³-hybridized carbons (Fsp3) is 0.800. The first-order chi connectivity index (χ1) is 5.00. The molecule has 0 saturated heterocycles. The first-order valence-corrected chi connectivity index (χ1v) is 4.72. The Labute approximate surface area is 74.6 Å². The molecule has 1 atom stereocenters. The largest absolute Gasteiger partial charge is 0.120 e. The van der Waals surface area contributed by atoms with Crippen LogP contribution in [0.5, 0.6) is 0 Å². The third kappa shape index (κ3) is 2.52. The van der Waals surface area contributed by atoms with Gasteiger partial charge in [0.15, 0.2) is 0 Å². The molecule has 0 amide bonds. The van der Waals surface area contributed by atoms with Crippen LogP contribution in [0.3, 0.4) is 0 Å². The van der Waals surface area contributed by atoms with E-state index in [9.17, 15) is 0 Å². The molecule has 1 heteroatoms. The SMILES string of the molecule is CC1=CCC(C(C)(C)Cl)CC1. The zero-order valence-corrected chi connectivity index (χ0v) is 8.41. The predicted molar refractivity (Wildman–Crippen MR) is 51.0 cm³/mol. The van der Waals surface area contributed by atoms with Gasteiger partial charge in [0.25, 0.3) is 0 Å². The van der Waals surface area contributed by atoms with Crippen LogP contribution in [0.1, 0.15) is 40.0 Å². The van der Waals surface area contributed by atoms with Gasteiger partial charge in [-0.1, -0.05) is 11.6 Å². The highest BCUT2D eigenvalue weighted by atomic mass is 35.5. The van der Waals surface area contributed by atoms with Crippen LogP contribution in [0.15, 0.2) is 11.6 Å². The van der Waals surface area contributed by atoms with Gasteiger partial charge in [-0.2, -0.15) is 0 Å². The number of rotatable bonds is 1. The predicted octanol–water partition coefficient (Wildman–Crippen LogP) is 3.75. The summed E-state index contributed by atoms with van der Waals surface area (Å²) in [6, 6.07) is 0. The van der Waals surface area contributed by atoms with Crippen molar-refractivity contribution in [2.24, 2.45) is 5.92 Å². The maximum atomic E-state index is 6.23. The van der Waals surface area contributed by atoms with Gasteiger partial charge in [-0.05, 0) is 46.0 Å². The summed E-state index contributed by atoms with van der Waals surface area (Å²) in [5.41, 5.74) is 1.53. The standard InChI is InChI=1S/C10H17Cl/c1-8-4-6-9(7-5-8)10(2,3)11/h4,9H,5-7H2,1-3H3. The van der Waals surface area contributed by atoms with Crippen molar-refractivity contribution in [3.8, 4) is 0 Å². The Kier molecular flexibility index (Phi) is 2.64. The summed E-state index contributed by atoms with van der Waals surface area (Å²) >= 11 is 6.23. The highest BCUT2D eigenvalue weighted by molar-refractivity contribution is 6.23. The molecule has 0 aliphatic heterocycles. The van der Waals surface area contributed by atoms with Crippen molar-refractivity contribution >= 4 is 11.6 Å². The number of halogens is 1. The Bertz CT molecular complexity index is 162. The first-order valence-electron chi connectivity index (χ1n) is 4.34. The van der Waals surface area contributed by atoms with E-state index in [1.165, 1.54) is 24.8 Å². The molecule has 0 bridgehead atoms. The molecule has 11 heavy (non-hydrogen) atoms. The van der Waals surface area contributed by atoms with Gasteiger partial charge in [0, 0.05) is 4.87 Å². The first kappa shape index (κ1) is 9.12. The summed E-state index contributed by atoms with van der Waals surface area (Å²) in [7, 11) is 0. The van der Waals surface area contributed by atoms with E-state index in [0.717, 1.165) is 0 Å². The molecule has 64 valence electrons. The molecule has 1 aliphatic rings. The summed E-state index contributed by atoms with van der Waals surface area (Å²) in [6.45, 7) is 6.44. The van der Waals surface area contributed by atoms with Crippen molar-refractivity contribution in [3.05, 3.63) is 11.6 Å². The van der Waals surface area contributed by atoms with Crippen molar-refractivity contribution in [3.63, 3.8) is 0 Å². The maximum Gasteiger partial charge on any atom is 0.0421 e. The zero-order chi connectivity index (χ0) is 8.48. The van der Waals surface area contributed by atoms with E-state index in [2.05, 4.69) is 26.8 Å². The molecule has 0 aromatic heterocycles. The van der Waals surface area contributed by atoms with E-state index in [1.54, 1.807) is 0 Å². The molecule has 0 spiro atoms. The topological polar surface area (TPSA) is 0 Å². The smallest absolute Gasteiger partial charge is 0.0421 e. The molecule has 0 radical (unpaired) electrons. The van der Waals surface area contributed by atoms with E-state index >= 15 is 0 Å². The number of hydrogen-bond donors (Lipinski definition) is 0. The van der Waals surface area contributed by atoms with Crippen molar-refractivity contribution in [1.82, 2.24) is 0 Å². The lowest BCUT2D eigenvalue weighted by atomic mass is 9.82. The van der Waals surface area contributed by atoms with Crippen LogP contribution in [0.2, 0.25) is 0 Å². The average Bonchev–Trinajstić information content (AvgIpc) is 1.86. The lowest BCUT2D eigenvalue weighted by molar-refractivity contribution is 0.377. The van der Waals surface area contributed by atoms with Crippen molar-refractivity contribution in [2.45, 2.75) is 44.9 Å². The molecular formula is C10H17Cl. The minimum atomic E-state index is -0.0167. The Hall–Kier alpha value is 0.0300. The highest BCUT2D eigenvalue weighted by Gasteiger charge is 2.27. The Morgan fingerprint density at radius 2 is 2.18 bits per heavy atom. The van der Waals surface area contributed by atoms with Crippen LogP contribution in [0.25, 0.3) is 0 Å². The second kappa shape index (κ2) is 3.18. The molecule has 0 aromatic carbocycles. The van der Waals surface area contributed by atoms with E-state index in [1.807, 2.05) is 0 Å². The molecule has 1 rings (SSSR count). The maximum absolute atomic E-state index is 6.23. The molecule has 0 saturated carbocycles. The summed E-state index contributed by atoms with van der Waals surface area (Å²) in [6.07, 6.45) is 6.00. The lowest BCUT2D eigenvalue weighted by Crippen LogP contribution is -2.25. The second-order valence-corrected chi connectivity index (χ2v) is 5.06. The minimum absolute atomic E-state index is 0.0167. The van der Waals surface area contributed by atoms with Gasteiger partial charge in [-0.15, -0.1) is 11.6 Å². The molecule has 1 unspecified atom stereocenters. The van der Waals surface area contributed by atoms with Gasteiger partial charge in [-0.3, -0.25) is 0 Å². The third-order valence-electron chi connectivity index (χ3n) is 2.61. The fourth-order valence-corrected chi connectivity index (χ4v) is 1.79. The Morgan fingerprint density at radius 1 is 1.55 bits per heavy atom. The van der Waals surface area contributed by atoms with Gasteiger partial charge in [-0.25, -0.2) is 0 Å². The molecule has 0 nitrogen and oxygen atoms in total. The van der Waals surface area contributed by atoms with Gasteiger partial charge in [0.2, 0.25) is 0 Å². The normalized spacial score (nSPS) is 26.5. The fourth-order valence-electron chi connectivity index (χ4n) is 1.59. The zero-order valence-electron chi connectivity index (χ0n) is 7.65. The van der Waals surface area contributed by atoms with Gasteiger partial charge >= 0.3 is 0 Å². The third-order valence-corrected chi connectivity index (χ3v) is 2.92.